The summed E-state index contributed by atoms with van der Waals surface area (Å²) in [6.07, 6.45) is 3.79. The van der Waals surface area contributed by atoms with Gasteiger partial charge in [-0.2, -0.15) is 0 Å². The molecule has 0 bridgehead atoms. The standard InChI is InChI=1S/C8H13ClO2/c1-3-11-8(10)6-4-5-7(2)9/h4-5,7H,3,6H2,1-2H3. The van der Waals surface area contributed by atoms with E-state index in [4.69, 9.17) is 16.3 Å². The maximum absolute atomic E-state index is 10.7. The van der Waals surface area contributed by atoms with Crippen LogP contribution in [-0.2, 0) is 9.53 Å². The first-order valence-corrected chi connectivity index (χ1v) is 4.06. The number of carbonyl (C=O) groups is 1. The molecule has 64 valence electrons. The second-order valence-electron chi connectivity index (χ2n) is 2.11. The first-order chi connectivity index (χ1) is 5.16. The fraction of sp³-hybridized carbons (Fsp3) is 0.625. The van der Waals surface area contributed by atoms with Gasteiger partial charge < -0.3 is 4.74 Å². The molecule has 11 heavy (non-hydrogen) atoms. The lowest BCUT2D eigenvalue weighted by molar-refractivity contribution is -0.142. The number of carbonyl (C=O) groups excluding carboxylic acids is 1. The molecule has 3 heteroatoms. The lowest BCUT2D eigenvalue weighted by Crippen LogP contribution is -2.01. The third-order valence-electron chi connectivity index (χ3n) is 0.991. The summed E-state index contributed by atoms with van der Waals surface area (Å²) in [5.41, 5.74) is 0. The molecular formula is C8H13ClO2. The molecule has 2 nitrogen and oxygen atoms in total. The van der Waals surface area contributed by atoms with Gasteiger partial charge in [0.15, 0.2) is 0 Å². The minimum absolute atomic E-state index is 0.0237. The number of allylic oxidation sites excluding steroid dienone is 1. The summed E-state index contributed by atoms with van der Waals surface area (Å²) in [4.78, 5) is 10.7. The summed E-state index contributed by atoms with van der Waals surface area (Å²) in [5, 5.41) is -0.0237. The Kier molecular flexibility index (Phi) is 5.94. The normalized spacial score (nSPS) is 13.4. The number of esters is 1. The average molecular weight is 177 g/mol. The van der Waals surface area contributed by atoms with E-state index in [1.54, 1.807) is 19.1 Å². The smallest absolute Gasteiger partial charge is 0.309 e. The highest BCUT2D eigenvalue weighted by Gasteiger charge is 1.96. The maximum Gasteiger partial charge on any atom is 0.309 e. The third kappa shape index (κ3) is 7.40. The van der Waals surface area contributed by atoms with Crippen molar-refractivity contribution >= 4 is 17.6 Å². The van der Waals surface area contributed by atoms with E-state index in [0.29, 0.717) is 13.0 Å². The molecule has 1 atom stereocenters. The molecule has 0 radical (unpaired) electrons. The molecule has 0 N–H and O–H groups in total. The fourth-order valence-corrected chi connectivity index (χ4v) is 0.675. The Balaban J connectivity index is 3.45. The minimum atomic E-state index is -0.207. The van der Waals surface area contributed by atoms with Crippen LogP contribution in [0.2, 0.25) is 0 Å². The van der Waals surface area contributed by atoms with Crippen molar-refractivity contribution in [2.45, 2.75) is 25.6 Å². The molecular weight excluding hydrogens is 164 g/mol. The Hall–Kier alpha value is -0.500. The topological polar surface area (TPSA) is 26.3 Å². The van der Waals surface area contributed by atoms with E-state index in [9.17, 15) is 4.79 Å². The predicted octanol–water partition coefficient (Wildman–Crippen LogP) is 2.12. The SMILES string of the molecule is CCOC(=O)CC=CC(C)Cl. The van der Waals surface area contributed by atoms with Crippen LogP contribution in [0.4, 0.5) is 0 Å². The van der Waals surface area contributed by atoms with Crippen molar-refractivity contribution in [2.75, 3.05) is 6.61 Å². The number of halogens is 1. The number of alkyl halides is 1. The monoisotopic (exact) mass is 176 g/mol. The van der Waals surface area contributed by atoms with Crippen LogP contribution in [0.25, 0.3) is 0 Å². The molecule has 0 fully saturated rings. The van der Waals surface area contributed by atoms with E-state index in [1.807, 2.05) is 6.92 Å². The van der Waals surface area contributed by atoms with Gasteiger partial charge >= 0.3 is 5.97 Å². The summed E-state index contributed by atoms with van der Waals surface area (Å²) in [5.74, 6) is -0.207. The Labute approximate surface area is 72.2 Å². The first-order valence-electron chi connectivity index (χ1n) is 3.63. The van der Waals surface area contributed by atoms with Gasteiger partial charge in [0.05, 0.1) is 13.0 Å². The van der Waals surface area contributed by atoms with Crippen LogP contribution in [0, 0.1) is 0 Å². The van der Waals surface area contributed by atoms with Crippen LogP contribution in [-0.4, -0.2) is 18.0 Å². The Bertz CT molecular complexity index is 141. The molecule has 0 amide bonds. The van der Waals surface area contributed by atoms with Crippen LogP contribution in [0.5, 0.6) is 0 Å². The van der Waals surface area contributed by atoms with E-state index in [1.165, 1.54) is 0 Å². The van der Waals surface area contributed by atoms with Crippen molar-refractivity contribution in [3.05, 3.63) is 12.2 Å². The third-order valence-corrected chi connectivity index (χ3v) is 1.14. The van der Waals surface area contributed by atoms with Crippen molar-refractivity contribution in [1.29, 1.82) is 0 Å². The molecule has 0 rings (SSSR count). The highest BCUT2D eigenvalue weighted by Crippen LogP contribution is 1.97. The van der Waals surface area contributed by atoms with Gasteiger partial charge in [-0.3, -0.25) is 4.79 Å². The second-order valence-corrected chi connectivity index (χ2v) is 2.80. The van der Waals surface area contributed by atoms with Crippen molar-refractivity contribution < 1.29 is 9.53 Å². The van der Waals surface area contributed by atoms with E-state index < -0.39 is 0 Å². The van der Waals surface area contributed by atoms with Gasteiger partial charge in [-0.05, 0) is 13.8 Å². The molecule has 0 heterocycles. The number of hydrogen-bond acceptors (Lipinski definition) is 2. The predicted molar refractivity (Wildman–Crippen MR) is 45.7 cm³/mol. The quantitative estimate of drug-likeness (QED) is 0.373. The van der Waals surface area contributed by atoms with E-state index >= 15 is 0 Å². The van der Waals surface area contributed by atoms with Gasteiger partial charge in [0.25, 0.3) is 0 Å². The number of hydrogen-bond donors (Lipinski definition) is 0. The Morgan fingerprint density at radius 2 is 2.36 bits per heavy atom. The van der Waals surface area contributed by atoms with Crippen LogP contribution in [0.15, 0.2) is 12.2 Å². The minimum Gasteiger partial charge on any atom is -0.466 e. The first kappa shape index (κ1) is 10.5. The lowest BCUT2D eigenvalue weighted by Gasteiger charge is -1.96. The van der Waals surface area contributed by atoms with Crippen LogP contribution < -0.4 is 0 Å². The van der Waals surface area contributed by atoms with Crippen molar-refractivity contribution in [3.8, 4) is 0 Å². The summed E-state index contributed by atoms with van der Waals surface area (Å²) in [6, 6.07) is 0. The Morgan fingerprint density at radius 3 is 2.82 bits per heavy atom. The average Bonchev–Trinajstić information content (AvgIpc) is 1.87. The van der Waals surface area contributed by atoms with E-state index in [2.05, 4.69) is 0 Å². The number of ether oxygens (including phenoxy) is 1. The molecule has 0 aromatic carbocycles. The fourth-order valence-electron chi connectivity index (χ4n) is 0.572. The molecule has 0 aliphatic carbocycles. The zero-order chi connectivity index (χ0) is 8.69. The van der Waals surface area contributed by atoms with Gasteiger partial charge in [-0.1, -0.05) is 12.2 Å². The zero-order valence-electron chi connectivity index (χ0n) is 6.84. The van der Waals surface area contributed by atoms with Gasteiger partial charge in [-0.15, -0.1) is 11.6 Å². The highest BCUT2D eigenvalue weighted by atomic mass is 35.5. The highest BCUT2D eigenvalue weighted by molar-refractivity contribution is 6.21. The van der Waals surface area contributed by atoms with Crippen LogP contribution in [0.1, 0.15) is 20.3 Å². The molecule has 0 saturated heterocycles. The van der Waals surface area contributed by atoms with Gasteiger partial charge in [0.2, 0.25) is 0 Å². The molecule has 0 saturated carbocycles. The molecule has 0 aromatic rings. The van der Waals surface area contributed by atoms with Crippen molar-refractivity contribution in [1.82, 2.24) is 0 Å². The second kappa shape index (κ2) is 6.23. The summed E-state index contributed by atoms with van der Waals surface area (Å²) >= 11 is 5.60. The van der Waals surface area contributed by atoms with Gasteiger partial charge in [-0.25, -0.2) is 0 Å². The summed E-state index contributed by atoms with van der Waals surface area (Å²) in [6.45, 7) is 4.05. The van der Waals surface area contributed by atoms with Crippen LogP contribution >= 0.6 is 11.6 Å². The molecule has 0 aromatic heterocycles. The van der Waals surface area contributed by atoms with E-state index in [-0.39, 0.29) is 11.3 Å². The number of rotatable bonds is 4. The van der Waals surface area contributed by atoms with Crippen molar-refractivity contribution in [2.24, 2.45) is 0 Å². The van der Waals surface area contributed by atoms with Gasteiger partial charge in [0, 0.05) is 5.38 Å². The molecule has 1 unspecified atom stereocenters. The van der Waals surface area contributed by atoms with Gasteiger partial charge in [0.1, 0.15) is 0 Å². The van der Waals surface area contributed by atoms with Crippen molar-refractivity contribution in [3.63, 3.8) is 0 Å². The summed E-state index contributed by atoms with van der Waals surface area (Å²) < 4.78 is 4.69. The largest absolute Gasteiger partial charge is 0.466 e. The zero-order valence-corrected chi connectivity index (χ0v) is 7.60. The molecule has 0 spiro atoms. The van der Waals surface area contributed by atoms with E-state index in [0.717, 1.165) is 0 Å². The van der Waals surface area contributed by atoms with Crippen LogP contribution in [0.3, 0.4) is 0 Å². The molecule has 0 aliphatic heterocycles. The summed E-state index contributed by atoms with van der Waals surface area (Å²) in [7, 11) is 0. The lowest BCUT2D eigenvalue weighted by atomic mass is 10.3. The Morgan fingerprint density at radius 1 is 1.73 bits per heavy atom. The maximum atomic E-state index is 10.7. The molecule has 0 aliphatic rings.